The normalized spacial score (nSPS) is 15.9. The van der Waals surface area contributed by atoms with Gasteiger partial charge in [-0.3, -0.25) is 14.5 Å². The van der Waals surface area contributed by atoms with E-state index in [1.165, 1.54) is 0 Å². The fourth-order valence-corrected chi connectivity index (χ4v) is 1.88. The lowest BCUT2D eigenvalue weighted by molar-refractivity contribution is 0.0547. The van der Waals surface area contributed by atoms with Gasteiger partial charge in [0.05, 0.1) is 23.8 Å². The van der Waals surface area contributed by atoms with Crippen LogP contribution in [0.1, 0.15) is 27.1 Å². The summed E-state index contributed by atoms with van der Waals surface area (Å²) in [6.07, 6.45) is 1.16. The Morgan fingerprint density at radius 2 is 1.76 bits per heavy atom. The lowest BCUT2D eigenvalue weighted by Crippen LogP contribution is -2.36. The van der Waals surface area contributed by atoms with Crippen LogP contribution in [-0.2, 0) is 0 Å². The van der Waals surface area contributed by atoms with Gasteiger partial charge in [0.1, 0.15) is 0 Å². The van der Waals surface area contributed by atoms with Gasteiger partial charge in [-0.15, -0.1) is 6.58 Å². The first-order chi connectivity index (χ1) is 8.15. The number of nitrogens with zero attached hydrogens (tertiary/aromatic N) is 1. The predicted molar refractivity (Wildman–Crippen MR) is 62.6 cm³/mol. The van der Waals surface area contributed by atoms with Crippen LogP contribution in [0.5, 0.6) is 0 Å². The zero-order chi connectivity index (χ0) is 12.4. The average molecular weight is 231 g/mol. The Labute approximate surface area is 99.2 Å². The second-order valence-corrected chi connectivity index (χ2v) is 3.94. The van der Waals surface area contributed by atoms with Crippen molar-refractivity contribution in [1.82, 2.24) is 4.90 Å². The Hall–Kier alpha value is -1.94. The highest BCUT2D eigenvalue weighted by Crippen LogP contribution is 2.22. The first kappa shape index (κ1) is 11.5. The van der Waals surface area contributed by atoms with Crippen LogP contribution >= 0.6 is 0 Å². The maximum atomic E-state index is 11.9. The Morgan fingerprint density at radius 3 is 2.24 bits per heavy atom. The van der Waals surface area contributed by atoms with Gasteiger partial charge in [-0.05, 0) is 18.6 Å². The average Bonchev–Trinajstić information content (AvgIpc) is 2.56. The molecule has 1 unspecified atom stereocenters. The minimum absolute atomic E-state index is 0.0123. The van der Waals surface area contributed by atoms with Crippen molar-refractivity contribution in [2.45, 2.75) is 12.5 Å². The molecule has 0 saturated heterocycles. The molecule has 0 bridgehead atoms. The van der Waals surface area contributed by atoms with Gasteiger partial charge in [-0.2, -0.15) is 0 Å². The molecule has 1 atom stereocenters. The minimum Gasteiger partial charge on any atom is -0.391 e. The Bertz CT molecular complexity index is 446. The SMILES string of the molecule is C=CCC(O)CN1C(=O)c2ccccc2C1=O. The second kappa shape index (κ2) is 4.51. The number of rotatable bonds is 4. The molecule has 88 valence electrons. The largest absolute Gasteiger partial charge is 0.391 e. The number of aliphatic hydroxyl groups excluding tert-OH is 1. The summed E-state index contributed by atoms with van der Waals surface area (Å²) in [5, 5.41) is 9.61. The molecule has 2 amide bonds. The second-order valence-electron chi connectivity index (χ2n) is 3.94. The highest BCUT2D eigenvalue weighted by atomic mass is 16.3. The summed E-state index contributed by atoms with van der Waals surface area (Å²) in [6.45, 7) is 3.52. The van der Waals surface area contributed by atoms with E-state index in [1.807, 2.05) is 0 Å². The van der Waals surface area contributed by atoms with E-state index in [0.717, 1.165) is 4.90 Å². The van der Waals surface area contributed by atoms with Gasteiger partial charge in [0.25, 0.3) is 11.8 Å². The zero-order valence-corrected chi connectivity index (χ0v) is 9.30. The van der Waals surface area contributed by atoms with E-state index in [-0.39, 0.29) is 18.4 Å². The van der Waals surface area contributed by atoms with E-state index in [1.54, 1.807) is 30.3 Å². The van der Waals surface area contributed by atoms with Crippen molar-refractivity contribution in [1.29, 1.82) is 0 Å². The molecule has 1 aromatic rings. The summed E-state index contributed by atoms with van der Waals surface area (Å²) < 4.78 is 0. The monoisotopic (exact) mass is 231 g/mol. The number of fused-ring (bicyclic) bond motifs is 1. The standard InChI is InChI=1S/C13H13NO3/c1-2-5-9(15)8-14-12(16)10-6-3-4-7-11(10)13(14)17/h2-4,6-7,9,15H,1,5,8H2. The fraction of sp³-hybridized carbons (Fsp3) is 0.231. The van der Waals surface area contributed by atoms with Crippen LogP contribution in [0.4, 0.5) is 0 Å². The summed E-state index contributed by atoms with van der Waals surface area (Å²) in [5.74, 6) is -0.678. The smallest absolute Gasteiger partial charge is 0.261 e. The number of carbonyl (C=O) groups excluding carboxylic acids is 2. The van der Waals surface area contributed by atoms with Crippen LogP contribution in [0.15, 0.2) is 36.9 Å². The quantitative estimate of drug-likeness (QED) is 0.626. The van der Waals surface area contributed by atoms with Crippen LogP contribution in [0.2, 0.25) is 0 Å². The summed E-state index contributed by atoms with van der Waals surface area (Å²) in [5.41, 5.74) is 0.812. The highest BCUT2D eigenvalue weighted by Gasteiger charge is 2.35. The number of benzene rings is 1. The Morgan fingerprint density at radius 1 is 1.24 bits per heavy atom. The van der Waals surface area contributed by atoms with Gasteiger partial charge in [0.2, 0.25) is 0 Å². The van der Waals surface area contributed by atoms with E-state index in [2.05, 4.69) is 6.58 Å². The first-order valence-corrected chi connectivity index (χ1v) is 5.39. The molecule has 1 heterocycles. The van der Waals surface area contributed by atoms with E-state index in [0.29, 0.717) is 17.5 Å². The lowest BCUT2D eigenvalue weighted by Gasteiger charge is -2.17. The summed E-state index contributed by atoms with van der Waals surface area (Å²) in [4.78, 5) is 24.9. The molecule has 0 spiro atoms. The van der Waals surface area contributed by atoms with Gasteiger partial charge in [-0.25, -0.2) is 0 Å². The molecule has 1 aromatic carbocycles. The van der Waals surface area contributed by atoms with Crippen LogP contribution < -0.4 is 0 Å². The molecule has 0 saturated carbocycles. The fourth-order valence-electron chi connectivity index (χ4n) is 1.88. The molecule has 0 radical (unpaired) electrons. The van der Waals surface area contributed by atoms with Crippen molar-refractivity contribution < 1.29 is 14.7 Å². The van der Waals surface area contributed by atoms with Gasteiger partial charge in [0, 0.05) is 0 Å². The third-order valence-corrected chi connectivity index (χ3v) is 2.71. The van der Waals surface area contributed by atoms with Crippen LogP contribution in [0, 0.1) is 0 Å². The number of β-amino-alcohol motifs (C(OH)–C–C–N with tert-alkyl or cyclic N) is 1. The van der Waals surface area contributed by atoms with Crippen LogP contribution in [-0.4, -0.2) is 34.5 Å². The molecule has 0 fully saturated rings. The third-order valence-electron chi connectivity index (χ3n) is 2.71. The highest BCUT2D eigenvalue weighted by molar-refractivity contribution is 6.21. The van der Waals surface area contributed by atoms with Crippen molar-refractivity contribution in [3.63, 3.8) is 0 Å². The van der Waals surface area contributed by atoms with E-state index in [9.17, 15) is 14.7 Å². The molecule has 1 aliphatic rings. The Balaban J connectivity index is 2.21. The third kappa shape index (κ3) is 1.99. The molecule has 4 heteroatoms. The molecular formula is C13H13NO3. The molecule has 4 nitrogen and oxygen atoms in total. The maximum Gasteiger partial charge on any atom is 0.261 e. The lowest BCUT2D eigenvalue weighted by atomic mass is 10.1. The van der Waals surface area contributed by atoms with Crippen molar-refractivity contribution in [2.24, 2.45) is 0 Å². The van der Waals surface area contributed by atoms with Crippen molar-refractivity contribution in [3.8, 4) is 0 Å². The number of imide groups is 1. The van der Waals surface area contributed by atoms with Gasteiger partial charge in [0.15, 0.2) is 0 Å². The molecule has 1 N–H and O–H groups in total. The number of amides is 2. The van der Waals surface area contributed by atoms with Gasteiger partial charge >= 0.3 is 0 Å². The van der Waals surface area contributed by atoms with E-state index in [4.69, 9.17) is 0 Å². The molecule has 1 aliphatic heterocycles. The summed E-state index contributed by atoms with van der Waals surface area (Å²) >= 11 is 0. The Kier molecular flexibility index (Phi) is 3.06. The minimum atomic E-state index is -0.755. The maximum absolute atomic E-state index is 11.9. The van der Waals surface area contributed by atoms with Crippen molar-refractivity contribution in [3.05, 3.63) is 48.0 Å². The van der Waals surface area contributed by atoms with Crippen LogP contribution in [0.3, 0.4) is 0 Å². The molecule has 0 aromatic heterocycles. The summed E-state index contributed by atoms with van der Waals surface area (Å²) in [7, 11) is 0. The number of carbonyl (C=O) groups is 2. The number of aliphatic hydroxyl groups is 1. The molecule has 0 aliphatic carbocycles. The summed E-state index contributed by atoms with van der Waals surface area (Å²) in [6, 6.07) is 6.67. The topological polar surface area (TPSA) is 57.6 Å². The predicted octanol–water partition coefficient (Wildman–Crippen LogP) is 1.22. The van der Waals surface area contributed by atoms with Crippen molar-refractivity contribution >= 4 is 11.8 Å². The number of hydrogen-bond acceptors (Lipinski definition) is 3. The van der Waals surface area contributed by atoms with Crippen LogP contribution in [0.25, 0.3) is 0 Å². The van der Waals surface area contributed by atoms with E-state index < -0.39 is 6.10 Å². The van der Waals surface area contributed by atoms with Crippen molar-refractivity contribution in [2.75, 3.05) is 6.54 Å². The first-order valence-electron chi connectivity index (χ1n) is 5.39. The van der Waals surface area contributed by atoms with E-state index >= 15 is 0 Å². The zero-order valence-electron chi connectivity index (χ0n) is 9.30. The van der Waals surface area contributed by atoms with Gasteiger partial charge in [-0.1, -0.05) is 18.2 Å². The van der Waals surface area contributed by atoms with Gasteiger partial charge < -0.3 is 5.11 Å². The molecule has 2 rings (SSSR count). The number of hydrogen-bond donors (Lipinski definition) is 1. The molecule has 17 heavy (non-hydrogen) atoms. The molecular weight excluding hydrogens is 218 g/mol.